The fourth-order valence-electron chi connectivity index (χ4n) is 2.81. The zero-order valence-electron chi connectivity index (χ0n) is 16.4. The number of benzene rings is 3. The zero-order valence-corrected chi connectivity index (χ0v) is 17.9. The van der Waals surface area contributed by atoms with Gasteiger partial charge in [-0.1, -0.05) is 41.4 Å². The molecule has 0 saturated heterocycles. The summed E-state index contributed by atoms with van der Waals surface area (Å²) in [6.07, 6.45) is 0. The summed E-state index contributed by atoms with van der Waals surface area (Å²) in [6, 6.07) is 17.7. The Balaban J connectivity index is 1.93. The van der Waals surface area contributed by atoms with Crippen molar-refractivity contribution in [1.29, 1.82) is 0 Å². The topological polar surface area (TPSA) is 110 Å². The van der Waals surface area contributed by atoms with E-state index in [0.717, 1.165) is 9.87 Å². The summed E-state index contributed by atoms with van der Waals surface area (Å²) in [5.41, 5.74) is 1.08. The van der Waals surface area contributed by atoms with Gasteiger partial charge in [-0.25, -0.2) is 8.42 Å². The number of hydrogen-bond acceptors (Lipinski definition) is 5. The lowest BCUT2D eigenvalue weighted by atomic mass is 10.2. The van der Waals surface area contributed by atoms with Gasteiger partial charge in [-0.15, -0.1) is 0 Å². The van der Waals surface area contributed by atoms with E-state index in [1.54, 1.807) is 24.3 Å². The van der Waals surface area contributed by atoms with Gasteiger partial charge in [0.15, 0.2) is 0 Å². The molecule has 1 N–H and O–H groups in total. The van der Waals surface area contributed by atoms with Crippen molar-refractivity contribution in [2.75, 3.05) is 16.2 Å². The highest BCUT2D eigenvalue weighted by atomic mass is 35.5. The molecule has 8 nitrogen and oxygen atoms in total. The van der Waals surface area contributed by atoms with E-state index in [1.807, 2.05) is 6.92 Å². The number of anilines is 2. The van der Waals surface area contributed by atoms with Crippen LogP contribution in [0.25, 0.3) is 0 Å². The van der Waals surface area contributed by atoms with E-state index in [-0.39, 0.29) is 22.0 Å². The largest absolute Gasteiger partial charge is 0.324 e. The second-order valence-electron chi connectivity index (χ2n) is 6.66. The number of nitro groups is 1. The van der Waals surface area contributed by atoms with Crippen molar-refractivity contribution in [3.05, 3.63) is 93.5 Å². The van der Waals surface area contributed by atoms with E-state index in [9.17, 15) is 23.3 Å². The molecule has 3 rings (SSSR count). The molecule has 160 valence electrons. The summed E-state index contributed by atoms with van der Waals surface area (Å²) in [6.45, 7) is 1.27. The van der Waals surface area contributed by atoms with Crippen LogP contribution in [0.3, 0.4) is 0 Å². The Kier molecular flexibility index (Phi) is 6.57. The molecule has 0 aromatic heterocycles. The second-order valence-corrected chi connectivity index (χ2v) is 8.96. The molecule has 0 aliphatic rings. The Bertz CT molecular complexity index is 1230. The molecule has 0 bridgehead atoms. The molecule has 31 heavy (non-hydrogen) atoms. The van der Waals surface area contributed by atoms with Gasteiger partial charge in [0, 0.05) is 22.8 Å². The molecule has 0 spiro atoms. The van der Waals surface area contributed by atoms with Crippen molar-refractivity contribution < 1.29 is 18.1 Å². The Morgan fingerprint density at radius 1 is 1.06 bits per heavy atom. The monoisotopic (exact) mass is 459 g/mol. The maximum atomic E-state index is 13.3. The van der Waals surface area contributed by atoms with Gasteiger partial charge in [0.05, 0.1) is 15.5 Å². The van der Waals surface area contributed by atoms with Crippen LogP contribution in [-0.4, -0.2) is 25.8 Å². The number of nitrogens with one attached hydrogen (secondary N) is 1. The van der Waals surface area contributed by atoms with Gasteiger partial charge in [-0.2, -0.15) is 0 Å². The summed E-state index contributed by atoms with van der Waals surface area (Å²) in [4.78, 5) is 23.0. The Morgan fingerprint density at radius 3 is 2.39 bits per heavy atom. The lowest BCUT2D eigenvalue weighted by Gasteiger charge is -2.24. The van der Waals surface area contributed by atoms with Gasteiger partial charge in [0.2, 0.25) is 5.91 Å². The summed E-state index contributed by atoms with van der Waals surface area (Å²) < 4.78 is 27.5. The highest BCUT2D eigenvalue weighted by molar-refractivity contribution is 7.92. The molecular formula is C21H18ClN3O5S. The van der Waals surface area contributed by atoms with Crippen LogP contribution in [0, 0.1) is 17.0 Å². The minimum atomic E-state index is -4.09. The molecule has 0 aliphatic heterocycles. The van der Waals surface area contributed by atoms with E-state index in [1.165, 1.54) is 48.5 Å². The number of rotatable bonds is 7. The normalized spacial score (nSPS) is 11.0. The Morgan fingerprint density at radius 2 is 1.74 bits per heavy atom. The van der Waals surface area contributed by atoms with E-state index in [2.05, 4.69) is 5.32 Å². The number of aryl methyl sites for hydroxylation is 1. The standard InChI is InChI=1S/C21H18ClN3O5S/c1-15-8-10-20(11-9-15)31(29,30)24(18-6-2-4-16(22)12-18)14-21(26)23-17-5-3-7-19(13-17)25(27)28/h2-13H,14H2,1H3,(H,23,26). The van der Waals surface area contributed by atoms with Crippen LogP contribution in [0.1, 0.15) is 5.56 Å². The highest BCUT2D eigenvalue weighted by Crippen LogP contribution is 2.26. The molecule has 0 atom stereocenters. The molecule has 0 radical (unpaired) electrons. The fourth-order valence-corrected chi connectivity index (χ4v) is 4.41. The van der Waals surface area contributed by atoms with E-state index in [4.69, 9.17) is 11.6 Å². The van der Waals surface area contributed by atoms with Crippen LogP contribution >= 0.6 is 11.6 Å². The van der Waals surface area contributed by atoms with Gasteiger partial charge >= 0.3 is 0 Å². The molecule has 10 heteroatoms. The number of carbonyl (C=O) groups is 1. The number of non-ortho nitro benzene ring substituents is 1. The lowest BCUT2D eigenvalue weighted by molar-refractivity contribution is -0.384. The van der Waals surface area contributed by atoms with Gasteiger partial charge in [-0.05, 0) is 43.3 Å². The molecule has 0 aliphatic carbocycles. The number of halogens is 1. The molecule has 0 saturated carbocycles. The Hall–Kier alpha value is -3.43. The molecule has 3 aromatic carbocycles. The van der Waals surface area contributed by atoms with Crippen LogP contribution < -0.4 is 9.62 Å². The van der Waals surface area contributed by atoms with E-state index in [0.29, 0.717) is 5.02 Å². The first-order chi connectivity index (χ1) is 14.7. The zero-order chi connectivity index (χ0) is 22.6. The van der Waals surface area contributed by atoms with Crippen LogP contribution in [-0.2, 0) is 14.8 Å². The van der Waals surface area contributed by atoms with E-state index < -0.39 is 27.4 Å². The highest BCUT2D eigenvalue weighted by Gasteiger charge is 2.27. The minimum absolute atomic E-state index is 0.0150. The first-order valence-corrected chi connectivity index (χ1v) is 10.9. The SMILES string of the molecule is Cc1ccc(S(=O)(=O)N(CC(=O)Nc2cccc([N+](=O)[O-])c2)c2cccc(Cl)c2)cc1. The van der Waals surface area contributed by atoms with Crippen molar-refractivity contribution in [2.24, 2.45) is 0 Å². The third-order valence-corrected chi connectivity index (χ3v) is 6.36. The predicted molar refractivity (Wildman–Crippen MR) is 119 cm³/mol. The van der Waals surface area contributed by atoms with Crippen molar-refractivity contribution in [1.82, 2.24) is 0 Å². The summed E-state index contributed by atoms with van der Waals surface area (Å²) in [7, 11) is -4.09. The van der Waals surface area contributed by atoms with E-state index >= 15 is 0 Å². The van der Waals surface area contributed by atoms with Crippen LogP contribution in [0.15, 0.2) is 77.7 Å². The van der Waals surface area contributed by atoms with Crippen molar-refractivity contribution >= 4 is 44.6 Å². The van der Waals surface area contributed by atoms with Crippen molar-refractivity contribution in [3.8, 4) is 0 Å². The third kappa shape index (κ3) is 5.39. The van der Waals surface area contributed by atoms with Gasteiger partial charge in [-0.3, -0.25) is 19.2 Å². The van der Waals surface area contributed by atoms with Crippen molar-refractivity contribution in [2.45, 2.75) is 11.8 Å². The first-order valence-electron chi connectivity index (χ1n) is 9.06. The number of sulfonamides is 1. The van der Waals surface area contributed by atoms with Gasteiger partial charge < -0.3 is 5.32 Å². The van der Waals surface area contributed by atoms with Crippen LogP contribution in [0.2, 0.25) is 5.02 Å². The first kappa shape index (κ1) is 22.3. The Labute approximate surface area is 184 Å². The molecule has 3 aromatic rings. The predicted octanol–water partition coefficient (Wildman–Crippen LogP) is 4.39. The molecule has 0 heterocycles. The number of amides is 1. The minimum Gasteiger partial charge on any atom is -0.324 e. The number of hydrogen-bond donors (Lipinski definition) is 1. The van der Waals surface area contributed by atoms with Gasteiger partial charge in [0.1, 0.15) is 6.54 Å². The van der Waals surface area contributed by atoms with Crippen molar-refractivity contribution in [3.63, 3.8) is 0 Å². The molecular weight excluding hydrogens is 442 g/mol. The lowest BCUT2D eigenvalue weighted by Crippen LogP contribution is -2.38. The van der Waals surface area contributed by atoms with Crippen LogP contribution in [0.5, 0.6) is 0 Å². The number of nitro benzene ring substituents is 1. The molecule has 1 amide bonds. The summed E-state index contributed by atoms with van der Waals surface area (Å²) >= 11 is 6.03. The smallest absolute Gasteiger partial charge is 0.271 e. The average Bonchev–Trinajstić information content (AvgIpc) is 2.72. The summed E-state index contributed by atoms with van der Waals surface area (Å²) in [5, 5.41) is 13.7. The van der Waals surface area contributed by atoms with Crippen LogP contribution in [0.4, 0.5) is 17.1 Å². The maximum absolute atomic E-state index is 13.3. The summed E-state index contributed by atoms with van der Waals surface area (Å²) in [5.74, 6) is -0.670. The molecule has 0 fully saturated rings. The maximum Gasteiger partial charge on any atom is 0.271 e. The number of carbonyl (C=O) groups excluding carboxylic acids is 1. The average molecular weight is 460 g/mol. The number of nitrogens with zero attached hydrogens (tertiary/aromatic N) is 2. The third-order valence-electron chi connectivity index (χ3n) is 4.33. The fraction of sp³-hybridized carbons (Fsp3) is 0.0952. The molecule has 0 unspecified atom stereocenters. The second kappa shape index (κ2) is 9.15. The quantitative estimate of drug-likeness (QED) is 0.416. The van der Waals surface area contributed by atoms with Gasteiger partial charge in [0.25, 0.3) is 15.7 Å².